The maximum absolute atomic E-state index is 12.6. The van der Waals surface area contributed by atoms with Crippen molar-refractivity contribution in [1.82, 2.24) is 0 Å². The first kappa shape index (κ1) is 14.5. The lowest BCUT2D eigenvalue weighted by molar-refractivity contribution is 0.102. The molecule has 0 saturated heterocycles. The first-order chi connectivity index (χ1) is 11.6. The third-order valence-corrected chi connectivity index (χ3v) is 4.28. The number of fused-ring (bicyclic) bond motifs is 3. The third kappa shape index (κ3) is 2.44. The molecular weight excluding hydrogens is 298 g/mol. The fourth-order valence-corrected chi connectivity index (χ4v) is 2.93. The Morgan fingerprint density at radius 2 is 1.67 bits per heavy atom. The monoisotopic (exact) mass is 315 g/mol. The number of anilines is 1. The smallest absolute Gasteiger partial charge is 0.255 e. The number of aryl methyl sites for hydroxylation is 2. The summed E-state index contributed by atoms with van der Waals surface area (Å²) in [5, 5.41) is 4.98. The number of hydrogen-bond acceptors (Lipinski definition) is 2. The molecule has 0 fully saturated rings. The highest BCUT2D eigenvalue weighted by atomic mass is 16.3. The van der Waals surface area contributed by atoms with Gasteiger partial charge in [0.15, 0.2) is 0 Å². The van der Waals surface area contributed by atoms with Crippen molar-refractivity contribution in [3.63, 3.8) is 0 Å². The lowest BCUT2D eigenvalue weighted by atomic mass is 10.1. The van der Waals surface area contributed by atoms with Crippen LogP contribution in [0.3, 0.4) is 0 Å². The normalized spacial score (nSPS) is 11.1. The number of para-hydroxylation sites is 1. The standard InChI is InChI=1S/C21H17NO2/c1-13-7-8-14(2)18(11-13)22-21(23)15-9-10-20-17(12-15)16-5-3-4-6-19(16)24-20/h3-12H,1-2H3,(H,22,23). The number of amides is 1. The van der Waals surface area contributed by atoms with Gasteiger partial charge in [0.1, 0.15) is 11.2 Å². The minimum Gasteiger partial charge on any atom is -0.456 e. The minimum absolute atomic E-state index is 0.115. The summed E-state index contributed by atoms with van der Waals surface area (Å²) >= 11 is 0. The predicted octanol–water partition coefficient (Wildman–Crippen LogP) is 5.46. The van der Waals surface area contributed by atoms with E-state index in [1.54, 1.807) is 6.07 Å². The van der Waals surface area contributed by atoms with Crippen LogP contribution in [0.1, 0.15) is 21.5 Å². The van der Waals surface area contributed by atoms with Crippen LogP contribution in [0.15, 0.2) is 65.1 Å². The Hall–Kier alpha value is -3.07. The Kier molecular flexibility index (Phi) is 3.35. The first-order valence-corrected chi connectivity index (χ1v) is 7.92. The highest BCUT2D eigenvalue weighted by Gasteiger charge is 2.12. The van der Waals surface area contributed by atoms with Crippen LogP contribution >= 0.6 is 0 Å². The van der Waals surface area contributed by atoms with Crippen molar-refractivity contribution in [1.29, 1.82) is 0 Å². The van der Waals surface area contributed by atoms with Crippen molar-refractivity contribution in [2.45, 2.75) is 13.8 Å². The van der Waals surface area contributed by atoms with Crippen molar-refractivity contribution in [2.75, 3.05) is 5.32 Å². The molecule has 118 valence electrons. The molecule has 4 aromatic rings. The molecule has 0 radical (unpaired) electrons. The van der Waals surface area contributed by atoms with E-state index >= 15 is 0 Å². The zero-order valence-corrected chi connectivity index (χ0v) is 13.6. The van der Waals surface area contributed by atoms with Gasteiger partial charge in [-0.1, -0.05) is 30.3 Å². The van der Waals surface area contributed by atoms with E-state index < -0.39 is 0 Å². The van der Waals surface area contributed by atoms with Gasteiger partial charge in [0, 0.05) is 22.0 Å². The maximum atomic E-state index is 12.6. The highest BCUT2D eigenvalue weighted by Crippen LogP contribution is 2.29. The van der Waals surface area contributed by atoms with E-state index in [9.17, 15) is 4.79 Å². The fourth-order valence-electron chi connectivity index (χ4n) is 2.93. The molecule has 0 unspecified atom stereocenters. The largest absolute Gasteiger partial charge is 0.456 e. The van der Waals surface area contributed by atoms with E-state index in [1.165, 1.54) is 0 Å². The topological polar surface area (TPSA) is 42.2 Å². The van der Waals surface area contributed by atoms with Crippen LogP contribution in [-0.2, 0) is 0 Å². The summed E-state index contributed by atoms with van der Waals surface area (Å²) in [6, 6.07) is 19.4. The van der Waals surface area contributed by atoms with Gasteiger partial charge in [-0.25, -0.2) is 0 Å². The Labute approximate surface area is 139 Å². The van der Waals surface area contributed by atoms with Gasteiger partial charge in [0.2, 0.25) is 0 Å². The number of benzene rings is 3. The van der Waals surface area contributed by atoms with Crippen molar-refractivity contribution < 1.29 is 9.21 Å². The fraction of sp³-hybridized carbons (Fsp3) is 0.0952. The molecule has 0 spiro atoms. The number of furan rings is 1. The molecule has 0 aliphatic carbocycles. The predicted molar refractivity (Wildman–Crippen MR) is 97.6 cm³/mol. The molecule has 3 aromatic carbocycles. The molecular formula is C21H17NO2. The average molecular weight is 315 g/mol. The van der Waals surface area contributed by atoms with E-state index in [-0.39, 0.29) is 5.91 Å². The number of nitrogens with one attached hydrogen (secondary N) is 1. The van der Waals surface area contributed by atoms with E-state index in [0.29, 0.717) is 5.56 Å². The summed E-state index contributed by atoms with van der Waals surface area (Å²) in [7, 11) is 0. The van der Waals surface area contributed by atoms with Gasteiger partial charge >= 0.3 is 0 Å². The molecule has 24 heavy (non-hydrogen) atoms. The summed E-state index contributed by atoms with van der Waals surface area (Å²) in [4.78, 5) is 12.6. The molecule has 1 aromatic heterocycles. The molecule has 4 rings (SSSR count). The number of carbonyl (C=O) groups is 1. The van der Waals surface area contributed by atoms with Gasteiger partial charge in [-0.15, -0.1) is 0 Å². The quantitative estimate of drug-likeness (QED) is 0.534. The second-order valence-electron chi connectivity index (χ2n) is 6.08. The summed E-state index contributed by atoms with van der Waals surface area (Å²) in [5.41, 5.74) is 5.25. The van der Waals surface area contributed by atoms with Gasteiger partial charge < -0.3 is 9.73 Å². The molecule has 0 bridgehead atoms. The van der Waals surface area contributed by atoms with Crippen molar-refractivity contribution in [3.05, 3.63) is 77.4 Å². The summed E-state index contributed by atoms with van der Waals surface area (Å²) < 4.78 is 5.81. The molecule has 1 N–H and O–H groups in total. The Morgan fingerprint density at radius 1 is 0.875 bits per heavy atom. The maximum Gasteiger partial charge on any atom is 0.255 e. The second kappa shape index (κ2) is 5.53. The van der Waals surface area contributed by atoms with Gasteiger partial charge in [-0.3, -0.25) is 4.79 Å². The molecule has 1 amide bonds. The van der Waals surface area contributed by atoms with E-state index in [0.717, 1.165) is 38.8 Å². The number of carbonyl (C=O) groups excluding carboxylic acids is 1. The van der Waals surface area contributed by atoms with Crippen molar-refractivity contribution in [2.24, 2.45) is 0 Å². The van der Waals surface area contributed by atoms with Crippen LogP contribution in [0.5, 0.6) is 0 Å². The average Bonchev–Trinajstić information content (AvgIpc) is 2.96. The van der Waals surface area contributed by atoms with E-state index in [4.69, 9.17) is 4.42 Å². The second-order valence-corrected chi connectivity index (χ2v) is 6.08. The Bertz CT molecular complexity index is 1080. The Morgan fingerprint density at radius 3 is 2.54 bits per heavy atom. The lowest BCUT2D eigenvalue weighted by Gasteiger charge is -2.09. The van der Waals surface area contributed by atoms with E-state index in [2.05, 4.69) is 5.32 Å². The third-order valence-electron chi connectivity index (χ3n) is 4.28. The van der Waals surface area contributed by atoms with Crippen LogP contribution in [0.4, 0.5) is 5.69 Å². The molecule has 1 heterocycles. The van der Waals surface area contributed by atoms with Gasteiger partial charge in [0.25, 0.3) is 5.91 Å². The lowest BCUT2D eigenvalue weighted by Crippen LogP contribution is -2.12. The SMILES string of the molecule is Cc1ccc(C)c(NC(=O)c2ccc3oc4ccccc4c3c2)c1. The molecule has 0 atom stereocenters. The zero-order valence-electron chi connectivity index (χ0n) is 13.6. The van der Waals surface area contributed by atoms with E-state index in [1.807, 2.05) is 68.4 Å². The van der Waals surface area contributed by atoms with Gasteiger partial charge in [-0.2, -0.15) is 0 Å². The van der Waals surface area contributed by atoms with Gasteiger partial charge in [-0.05, 0) is 55.3 Å². The van der Waals surface area contributed by atoms with Crippen molar-refractivity contribution >= 4 is 33.5 Å². The van der Waals surface area contributed by atoms with Crippen LogP contribution in [0, 0.1) is 13.8 Å². The minimum atomic E-state index is -0.115. The molecule has 0 aliphatic rings. The Balaban J connectivity index is 1.74. The van der Waals surface area contributed by atoms with Crippen LogP contribution in [-0.4, -0.2) is 5.91 Å². The number of hydrogen-bond donors (Lipinski definition) is 1. The summed E-state index contributed by atoms with van der Waals surface area (Å²) in [6.07, 6.45) is 0. The van der Waals surface area contributed by atoms with Gasteiger partial charge in [0.05, 0.1) is 0 Å². The van der Waals surface area contributed by atoms with Crippen LogP contribution in [0.25, 0.3) is 21.9 Å². The zero-order chi connectivity index (χ0) is 16.7. The first-order valence-electron chi connectivity index (χ1n) is 7.92. The van der Waals surface area contributed by atoms with Crippen molar-refractivity contribution in [3.8, 4) is 0 Å². The summed E-state index contributed by atoms with van der Waals surface area (Å²) in [5.74, 6) is -0.115. The molecule has 3 heteroatoms. The number of rotatable bonds is 2. The summed E-state index contributed by atoms with van der Waals surface area (Å²) in [6.45, 7) is 4.00. The van der Waals surface area contributed by atoms with Crippen LogP contribution < -0.4 is 5.32 Å². The van der Waals surface area contributed by atoms with Crippen LogP contribution in [0.2, 0.25) is 0 Å². The molecule has 0 aliphatic heterocycles. The molecule has 0 saturated carbocycles. The molecule has 3 nitrogen and oxygen atoms in total. The highest BCUT2D eigenvalue weighted by molar-refractivity contribution is 6.11.